The fourth-order valence-electron chi connectivity index (χ4n) is 1.21. The van der Waals surface area contributed by atoms with E-state index in [4.69, 9.17) is 0 Å². The third-order valence-electron chi connectivity index (χ3n) is 2.50. The zero-order chi connectivity index (χ0) is 14.6. The molecule has 1 atom stereocenters. The second-order valence-corrected chi connectivity index (χ2v) is 5.58. The monoisotopic (exact) mass is 338 g/mol. The van der Waals surface area contributed by atoms with Gasteiger partial charge in [-0.15, -0.1) is 0 Å². The van der Waals surface area contributed by atoms with Gasteiger partial charge in [-0.1, -0.05) is 29.8 Å². The lowest BCUT2D eigenvalue weighted by Gasteiger charge is -2.14. The first-order valence-electron chi connectivity index (χ1n) is 5.67. The molecule has 1 aromatic heterocycles. The highest BCUT2D eigenvalue weighted by molar-refractivity contribution is 9.09. The molecule has 1 aromatic rings. The van der Waals surface area contributed by atoms with Gasteiger partial charge in [-0.3, -0.25) is 9.78 Å². The van der Waals surface area contributed by atoms with Crippen LogP contribution in [-0.2, 0) is 6.18 Å². The predicted octanol–water partition coefficient (Wildman–Crippen LogP) is 3.25. The zero-order valence-corrected chi connectivity index (χ0v) is 12.0. The lowest BCUT2D eigenvalue weighted by molar-refractivity contribution is -0.137. The van der Waals surface area contributed by atoms with E-state index in [0.29, 0.717) is 18.7 Å². The van der Waals surface area contributed by atoms with Crippen molar-refractivity contribution < 1.29 is 18.0 Å². The van der Waals surface area contributed by atoms with Crippen molar-refractivity contribution in [2.45, 2.75) is 24.9 Å². The number of rotatable bonds is 4. The summed E-state index contributed by atoms with van der Waals surface area (Å²) in [7, 11) is 0. The average Bonchev–Trinajstić information content (AvgIpc) is 2.34. The minimum Gasteiger partial charge on any atom is -0.350 e. The van der Waals surface area contributed by atoms with E-state index in [0.717, 1.165) is 12.1 Å². The summed E-state index contributed by atoms with van der Waals surface area (Å²) in [5.74, 6) is -0.153. The quantitative estimate of drug-likeness (QED) is 0.856. The molecular weight excluding hydrogens is 325 g/mol. The Labute approximate surface area is 117 Å². The molecule has 106 valence electrons. The Hall–Kier alpha value is -1.11. The van der Waals surface area contributed by atoms with Crippen LogP contribution in [0.5, 0.6) is 0 Å². The van der Waals surface area contributed by atoms with Gasteiger partial charge in [0.05, 0.1) is 5.56 Å². The van der Waals surface area contributed by atoms with Gasteiger partial charge in [-0.25, -0.2) is 0 Å². The van der Waals surface area contributed by atoms with Gasteiger partial charge < -0.3 is 5.32 Å². The van der Waals surface area contributed by atoms with Crippen LogP contribution in [0.1, 0.15) is 29.9 Å². The standard InChI is InChI=1S/C12H14BrF3N2O/c1-7(2)9(13)6-18-11(19)10-4-3-8(5-17-10)12(14,15)16/h3-5,7,9H,6H2,1-2H3,(H,18,19). The molecule has 0 aromatic carbocycles. The highest BCUT2D eigenvalue weighted by Gasteiger charge is 2.30. The third kappa shape index (κ3) is 4.81. The van der Waals surface area contributed by atoms with Crippen molar-refractivity contribution in [1.82, 2.24) is 10.3 Å². The first kappa shape index (κ1) is 15.9. The fraction of sp³-hybridized carbons (Fsp3) is 0.500. The van der Waals surface area contributed by atoms with Crippen molar-refractivity contribution in [1.29, 1.82) is 0 Å². The summed E-state index contributed by atoms with van der Waals surface area (Å²) in [6.45, 7) is 4.36. The number of halogens is 4. The molecule has 1 amide bonds. The molecule has 0 fully saturated rings. The van der Waals surface area contributed by atoms with Gasteiger partial charge in [0.25, 0.3) is 5.91 Å². The number of carbonyl (C=O) groups is 1. The fourth-order valence-corrected chi connectivity index (χ4v) is 1.37. The van der Waals surface area contributed by atoms with E-state index in [1.807, 2.05) is 13.8 Å². The molecule has 7 heteroatoms. The maximum absolute atomic E-state index is 12.3. The molecule has 1 rings (SSSR count). The number of hydrogen-bond donors (Lipinski definition) is 1. The van der Waals surface area contributed by atoms with E-state index >= 15 is 0 Å². The third-order valence-corrected chi connectivity index (χ3v) is 3.89. The van der Waals surface area contributed by atoms with Crippen LogP contribution in [0.25, 0.3) is 0 Å². The van der Waals surface area contributed by atoms with E-state index in [9.17, 15) is 18.0 Å². The minimum atomic E-state index is -4.44. The van der Waals surface area contributed by atoms with Crippen molar-refractivity contribution in [2.75, 3.05) is 6.54 Å². The Bertz CT molecular complexity index is 432. The summed E-state index contributed by atoms with van der Waals surface area (Å²) in [6, 6.07) is 1.91. The van der Waals surface area contributed by atoms with E-state index in [1.165, 1.54) is 0 Å². The molecular formula is C12H14BrF3N2O. The molecule has 0 saturated heterocycles. The van der Waals surface area contributed by atoms with Crippen LogP contribution < -0.4 is 5.32 Å². The number of alkyl halides is 4. The summed E-state index contributed by atoms with van der Waals surface area (Å²) < 4.78 is 37.0. The molecule has 0 bridgehead atoms. The van der Waals surface area contributed by atoms with Crippen molar-refractivity contribution in [3.8, 4) is 0 Å². The molecule has 0 radical (unpaired) electrons. The summed E-state index contributed by atoms with van der Waals surface area (Å²) in [4.78, 5) is 15.3. The minimum absolute atomic E-state index is 0.0311. The van der Waals surface area contributed by atoms with E-state index in [-0.39, 0.29) is 10.5 Å². The number of amides is 1. The Morgan fingerprint density at radius 3 is 2.47 bits per heavy atom. The molecule has 0 aliphatic rings. The van der Waals surface area contributed by atoms with Gasteiger partial charge in [0.2, 0.25) is 0 Å². The summed E-state index contributed by atoms with van der Waals surface area (Å²) >= 11 is 3.40. The van der Waals surface area contributed by atoms with Gasteiger partial charge in [-0.2, -0.15) is 13.2 Å². The maximum Gasteiger partial charge on any atom is 0.417 e. The summed E-state index contributed by atoms with van der Waals surface area (Å²) in [5, 5.41) is 2.61. The van der Waals surface area contributed by atoms with Crippen LogP contribution in [0.2, 0.25) is 0 Å². The van der Waals surface area contributed by atoms with E-state index < -0.39 is 17.6 Å². The molecule has 19 heavy (non-hydrogen) atoms. The average molecular weight is 339 g/mol. The Morgan fingerprint density at radius 2 is 2.05 bits per heavy atom. The van der Waals surface area contributed by atoms with Crippen LogP contribution >= 0.6 is 15.9 Å². The largest absolute Gasteiger partial charge is 0.417 e. The molecule has 3 nitrogen and oxygen atoms in total. The van der Waals surface area contributed by atoms with Gasteiger partial charge >= 0.3 is 6.18 Å². The molecule has 0 aliphatic heterocycles. The van der Waals surface area contributed by atoms with Crippen LogP contribution in [-0.4, -0.2) is 22.3 Å². The molecule has 1 unspecified atom stereocenters. The van der Waals surface area contributed by atoms with Crippen molar-refractivity contribution in [3.05, 3.63) is 29.6 Å². The van der Waals surface area contributed by atoms with Gasteiger partial charge in [-0.05, 0) is 18.1 Å². The first-order valence-corrected chi connectivity index (χ1v) is 6.59. The van der Waals surface area contributed by atoms with Gasteiger partial charge in [0.1, 0.15) is 5.69 Å². The smallest absolute Gasteiger partial charge is 0.350 e. The normalized spacial score (nSPS) is 13.4. The molecule has 1 N–H and O–H groups in total. The number of carbonyl (C=O) groups excluding carboxylic acids is 1. The number of aromatic nitrogens is 1. The molecule has 1 heterocycles. The molecule has 0 saturated carbocycles. The van der Waals surface area contributed by atoms with E-state index in [2.05, 4.69) is 26.2 Å². The zero-order valence-electron chi connectivity index (χ0n) is 10.5. The molecule has 0 spiro atoms. The topological polar surface area (TPSA) is 42.0 Å². The Balaban J connectivity index is 2.64. The second-order valence-electron chi connectivity index (χ2n) is 4.40. The van der Waals surface area contributed by atoms with Crippen molar-refractivity contribution >= 4 is 21.8 Å². The second kappa shape index (κ2) is 6.36. The number of hydrogen-bond acceptors (Lipinski definition) is 2. The maximum atomic E-state index is 12.3. The Kier molecular flexibility index (Phi) is 5.34. The van der Waals surface area contributed by atoms with Gasteiger partial charge in [0, 0.05) is 17.6 Å². The van der Waals surface area contributed by atoms with Crippen LogP contribution in [0.15, 0.2) is 18.3 Å². The van der Waals surface area contributed by atoms with Gasteiger partial charge in [0.15, 0.2) is 0 Å². The van der Waals surface area contributed by atoms with Crippen molar-refractivity contribution in [3.63, 3.8) is 0 Å². The van der Waals surface area contributed by atoms with Crippen LogP contribution in [0, 0.1) is 5.92 Å². The summed E-state index contributed by atoms with van der Waals surface area (Å²) in [5.41, 5.74) is -0.902. The lowest BCUT2D eigenvalue weighted by atomic mass is 10.1. The number of nitrogens with zero attached hydrogens (tertiary/aromatic N) is 1. The summed E-state index contributed by atoms with van der Waals surface area (Å²) in [6.07, 6.45) is -3.79. The Morgan fingerprint density at radius 1 is 1.42 bits per heavy atom. The number of pyridine rings is 1. The van der Waals surface area contributed by atoms with Crippen LogP contribution in [0.3, 0.4) is 0 Å². The first-order chi connectivity index (χ1) is 8.71. The van der Waals surface area contributed by atoms with Crippen molar-refractivity contribution in [2.24, 2.45) is 5.92 Å². The van der Waals surface area contributed by atoms with Crippen LogP contribution in [0.4, 0.5) is 13.2 Å². The highest BCUT2D eigenvalue weighted by Crippen LogP contribution is 2.28. The lowest BCUT2D eigenvalue weighted by Crippen LogP contribution is -2.32. The van der Waals surface area contributed by atoms with E-state index in [1.54, 1.807) is 0 Å². The predicted molar refractivity (Wildman–Crippen MR) is 69.1 cm³/mol. The molecule has 0 aliphatic carbocycles. The number of nitrogens with one attached hydrogen (secondary N) is 1. The SMILES string of the molecule is CC(C)C(Br)CNC(=O)c1ccc(C(F)(F)F)cn1. The highest BCUT2D eigenvalue weighted by atomic mass is 79.9.